The third kappa shape index (κ3) is 7.12. The second-order valence-electron chi connectivity index (χ2n) is 11.1. The summed E-state index contributed by atoms with van der Waals surface area (Å²) in [5.41, 5.74) is 5.77. The first-order valence-electron chi connectivity index (χ1n) is 14.1. The quantitative estimate of drug-likeness (QED) is 0.204. The molecular weight excluding hydrogens is 588 g/mol. The molecule has 0 bridgehead atoms. The predicted molar refractivity (Wildman–Crippen MR) is 154 cm³/mol. The number of nitrogens with one attached hydrogen (secondary N) is 2. The molecule has 1 saturated carbocycles. The molecule has 44 heavy (non-hydrogen) atoms. The van der Waals surface area contributed by atoms with Crippen molar-refractivity contribution < 1.29 is 31.1 Å². The Morgan fingerprint density at radius 1 is 0.977 bits per heavy atom. The number of fused-ring (bicyclic) bond motifs is 1. The highest BCUT2D eigenvalue weighted by Gasteiger charge is 2.37. The number of hydrogen-bond acceptors (Lipinski definition) is 6. The van der Waals surface area contributed by atoms with Gasteiger partial charge in [0.15, 0.2) is 5.82 Å². The van der Waals surface area contributed by atoms with Crippen LogP contribution in [0.15, 0.2) is 42.6 Å². The standard InChI is InChI=1S/C30H31F6N7O/c1-3-17-11-18(12-19-15-38-28(41-27(17)19)39-23-6-4-22(37)5-7-23)24-14-25(42-43(24)2)40-26(44)10-16-8-20(29(31,32)33)13-21(9-16)30(34,35)36/h8-9,11-15,22-23H,3-7,10,37H2,1-2H3,(H,38,39,41)(H,40,42,44)/t22-,23-. The van der Waals surface area contributed by atoms with Crippen LogP contribution in [0.3, 0.4) is 0 Å². The molecule has 234 valence electrons. The van der Waals surface area contributed by atoms with E-state index in [-0.39, 0.29) is 24.0 Å². The Labute approximate surface area is 249 Å². The van der Waals surface area contributed by atoms with Crippen LogP contribution in [-0.4, -0.2) is 37.7 Å². The van der Waals surface area contributed by atoms with E-state index >= 15 is 0 Å². The average Bonchev–Trinajstić information content (AvgIpc) is 3.31. The number of rotatable bonds is 7. The summed E-state index contributed by atoms with van der Waals surface area (Å²) in [5.74, 6) is -0.172. The number of halogens is 6. The number of benzene rings is 2. The number of carbonyl (C=O) groups excluding carboxylic acids is 1. The summed E-state index contributed by atoms with van der Waals surface area (Å²) in [6, 6.07) is 7.02. The number of hydrogen-bond donors (Lipinski definition) is 3. The van der Waals surface area contributed by atoms with E-state index in [0.717, 1.165) is 47.7 Å². The number of anilines is 2. The SMILES string of the molecule is CCc1cc(-c2cc(NC(=O)Cc3cc(C(F)(F)F)cc(C(F)(F)F)c3)nn2C)cc2cnc(N[C@H]3CC[C@H](N)CC3)nc12. The zero-order valence-corrected chi connectivity index (χ0v) is 24.0. The van der Waals surface area contributed by atoms with Gasteiger partial charge < -0.3 is 16.4 Å². The van der Waals surface area contributed by atoms with Crippen LogP contribution in [0.25, 0.3) is 22.2 Å². The molecule has 8 nitrogen and oxygen atoms in total. The van der Waals surface area contributed by atoms with Crippen LogP contribution in [-0.2, 0) is 37.0 Å². The van der Waals surface area contributed by atoms with Crippen molar-refractivity contribution in [2.24, 2.45) is 12.8 Å². The van der Waals surface area contributed by atoms with Gasteiger partial charge in [-0.05, 0) is 73.6 Å². The largest absolute Gasteiger partial charge is 0.416 e. The molecule has 5 rings (SSSR count). The number of alkyl halides is 6. The van der Waals surface area contributed by atoms with E-state index < -0.39 is 41.4 Å². The molecule has 4 aromatic rings. The van der Waals surface area contributed by atoms with Crippen LogP contribution >= 0.6 is 0 Å². The minimum Gasteiger partial charge on any atom is -0.351 e. The summed E-state index contributed by atoms with van der Waals surface area (Å²) in [4.78, 5) is 22.0. The van der Waals surface area contributed by atoms with Crippen molar-refractivity contribution in [3.8, 4) is 11.3 Å². The number of nitrogens with two attached hydrogens (primary N) is 1. The third-order valence-electron chi connectivity index (χ3n) is 7.70. The molecule has 1 aliphatic rings. The van der Waals surface area contributed by atoms with E-state index in [1.807, 2.05) is 19.1 Å². The third-order valence-corrected chi connectivity index (χ3v) is 7.70. The van der Waals surface area contributed by atoms with Crippen molar-refractivity contribution in [1.82, 2.24) is 19.7 Å². The van der Waals surface area contributed by atoms with Crippen LogP contribution in [0.2, 0.25) is 0 Å². The number of aromatic nitrogens is 4. The smallest absolute Gasteiger partial charge is 0.351 e. The highest BCUT2D eigenvalue weighted by atomic mass is 19.4. The van der Waals surface area contributed by atoms with Gasteiger partial charge in [-0.1, -0.05) is 6.92 Å². The van der Waals surface area contributed by atoms with Crippen molar-refractivity contribution in [2.75, 3.05) is 10.6 Å². The fourth-order valence-corrected chi connectivity index (χ4v) is 5.44. The first-order valence-corrected chi connectivity index (χ1v) is 14.1. The molecule has 1 fully saturated rings. The number of aryl methyl sites for hydroxylation is 2. The van der Waals surface area contributed by atoms with Gasteiger partial charge in [0, 0.05) is 42.3 Å². The lowest BCUT2D eigenvalue weighted by Crippen LogP contribution is -2.33. The molecule has 1 amide bonds. The Kier molecular flexibility index (Phi) is 8.56. The summed E-state index contributed by atoms with van der Waals surface area (Å²) in [6.07, 6.45) is -4.50. The summed E-state index contributed by atoms with van der Waals surface area (Å²) >= 11 is 0. The molecule has 4 N–H and O–H groups in total. The van der Waals surface area contributed by atoms with Gasteiger partial charge in [0.25, 0.3) is 0 Å². The van der Waals surface area contributed by atoms with Gasteiger partial charge in [0.05, 0.1) is 28.8 Å². The van der Waals surface area contributed by atoms with Crippen molar-refractivity contribution in [1.29, 1.82) is 0 Å². The molecule has 14 heteroatoms. The zero-order valence-electron chi connectivity index (χ0n) is 24.0. The van der Waals surface area contributed by atoms with Crippen LogP contribution in [0, 0.1) is 0 Å². The van der Waals surface area contributed by atoms with Gasteiger partial charge in [-0.15, -0.1) is 0 Å². The molecule has 2 aromatic carbocycles. The molecule has 0 saturated heterocycles. The number of nitrogens with zero attached hydrogens (tertiary/aromatic N) is 4. The molecule has 2 aromatic heterocycles. The van der Waals surface area contributed by atoms with E-state index in [1.54, 1.807) is 19.3 Å². The molecule has 0 atom stereocenters. The van der Waals surface area contributed by atoms with E-state index in [1.165, 1.54) is 4.68 Å². The lowest BCUT2D eigenvalue weighted by atomic mass is 9.92. The van der Waals surface area contributed by atoms with E-state index in [2.05, 4.69) is 20.7 Å². The lowest BCUT2D eigenvalue weighted by Gasteiger charge is -2.26. The van der Waals surface area contributed by atoms with Crippen molar-refractivity contribution >= 4 is 28.6 Å². The Morgan fingerprint density at radius 3 is 2.25 bits per heavy atom. The van der Waals surface area contributed by atoms with Crippen LogP contribution in [0.1, 0.15) is 54.9 Å². The van der Waals surface area contributed by atoms with Crippen molar-refractivity contribution in [3.63, 3.8) is 0 Å². The van der Waals surface area contributed by atoms with Gasteiger partial charge in [0.1, 0.15) is 0 Å². The first-order chi connectivity index (χ1) is 20.7. The summed E-state index contributed by atoms with van der Waals surface area (Å²) < 4.78 is 80.8. The van der Waals surface area contributed by atoms with E-state index in [4.69, 9.17) is 10.7 Å². The van der Waals surface area contributed by atoms with Crippen molar-refractivity contribution in [2.45, 2.75) is 69.9 Å². The van der Waals surface area contributed by atoms with Gasteiger partial charge in [0.2, 0.25) is 11.9 Å². The van der Waals surface area contributed by atoms with Gasteiger partial charge >= 0.3 is 12.4 Å². The average molecular weight is 620 g/mol. The Balaban J connectivity index is 1.35. The Morgan fingerprint density at radius 2 is 1.64 bits per heavy atom. The fraction of sp³-hybridized carbons (Fsp3) is 0.400. The molecule has 2 heterocycles. The van der Waals surface area contributed by atoms with Crippen molar-refractivity contribution in [3.05, 3.63) is 64.8 Å². The first kappa shape index (κ1) is 31.2. The summed E-state index contributed by atoms with van der Waals surface area (Å²) in [5, 5.41) is 11.0. The van der Waals surface area contributed by atoms with Crippen LogP contribution in [0.5, 0.6) is 0 Å². The normalized spacial score (nSPS) is 17.6. The molecule has 0 aliphatic heterocycles. The highest BCUT2D eigenvalue weighted by Crippen LogP contribution is 2.36. The number of carbonyl (C=O) groups is 1. The molecule has 0 radical (unpaired) electrons. The predicted octanol–water partition coefficient (Wildman–Crippen LogP) is 6.49. The maximum Gasteiger partial charge on any atom is 0.416 e. The van der Waals surface area contributed by atoms with Gasteiger partial charge in [-0.3, -0.25) is 9.48 Å². The van der Waals surface area contributed by atoms with E-state index in [9.17, 15) is 31.1 Å². The van der Waals surface area contributed by atoms with Crippen LogP contribution < -0.4 is 16.4 Å². The highest BCUT2D eigenvalue weighted by molar-refractivity contribution is 5.92. The van der Waals surface area contributed by atoms with Gasteiger partial charge in [-0.2, -0.15) is 31.4 Å². The fourth-order valence-electron chi connectivity index (χ4n) is 5.44. The summed E-state index contributed by atoms with van der Waals surface area (Å²) in [6.45, 7) is 2.00. The van der Waals surface area contributed by atoms with Crippen LogP contribution in [0.4, 0.5) is 38.1 Å². The second kappa shape index (κ2) is 12.1. The molecule has 0 unspecified atom stereocenters. The Hall–Kier alpha value is -4.20. The van der Waals surface area contributed by atoms with Gasteiger partial charge in [-0.25, -0.2) is 9.97 Å². The summed E-state index contributed by atoms with van der Waals surface area (Å²) in [7, 11) is 1.66. The molecule has 0 spiro atoms. The topological polar surface area (TPSA) is 111 Å². The molecule has 1 aliphatic carbocycles. The Bertz CT molecular complexity index is 1640. The maximum absolute atomic E-state index is 13.2. The second-order valence-corrected chi connectivity index (χ2v) is 11.1. The lowest BCUT2D eigenvalue weighted by molar-refractivity contribution is -0.143. The maximum atomic E-state index is 13.2. The molecular formula is C30H31F6N7O. The monoisotopic (exact) mass is 619 g/mol. The minimum atomic E-state index is -5.01. The zero-order chi connectivity index (χ0) is 31.8. The number of amides is 1. The van der Waals surface area contributed by atoms with E-state index in [0.29, 0.717) is 30.2 Å². The minimum absolute atomic E-state index is 0.0237.